The molecule has 1 rings (SSSR count). The topological polar surface area (TPSA) is 101 Å². The minimum absolute atomic E-state index is 0.0109. The van der Waals surface area contributed by atoms with Gasteiger partial charge in [0.05, 0.1) is 31.8 Å². The van der Waals surface area contributed by atoms with E-state index in [1.165, 1.54) is 6.92 Å². The Morgan fingerprint density at radius 1 is 1.45 bits per heavy atom. The van der Waals surface area contributed by atoms with Crippen LogP contribution in [0.4, 0.5) is 19.0 Å². The third-order valence-electron chi connectivity index (χ3n) is 2.26. The molecule has 11 heteroatoms. The molecule has 0 aromatic carbocycles. The quantitative estimate of drug-likeness (QED) is 0.448. The number of carbonyl (C=O) groups excluding carboxylic acids is 1. The average molecular weight is 324 g/mol. The van der Waals surface area contributed by atoms with Crippen LogP contribution in [0.15, 0.2) is 6.07 Å². The molecule has 0 amide bonds. The van der Waals surface area contributed by atoms with E-state index in [0.717, 1.165) is 7.11 Å². The second-order valence-corrected chi connectivity index (χ2v) is 3.75. The molecule has 22 heavy (non-hydrogen) atoms. The molecule has 8 nitrogen and oxygen atoms in total. The van der Waals surface area contributed by atoms with Crippen molar-refractivity contribution >= 4 is 11.8 Å². The van der Waals surface area contributed by atoms with Gasteiger partial charge >= 0.3 is 24.0 Å². The number of alkyl halides is 3. The second kappa shape index (κ2) is 6.91. The molecular weight excluding hydrogens is 313 g/mol. The van der Waals surface area contributed by atoms with Gasteiger partial charge < -0.3 is 24.3 Å². The lowest BCUT2D eigenvalue weighted by molar-refractivity contribution is -0.389. The molecule has 0 bridgehead atoms. The second-order valence-electron chi connectivity index (χ2n) is 3.75. The molecule has 0 fully saturated rings. The van der Waals surface area contributed by atoms with E-state index in [2.05, 4.69) is 14.5 Å². The van der Waals surface area contributed by atoms with Crippen LogP contribution in [0.5, 0.6) is 11.6 Å². The number of hydrogen-bond donors (Lipinski definition) is 0. The zero-order chi connectivity index (χ0) is 16.9. The van der Waals surface area contributed by atoms with Crippen LogP contribution < -0.4 is 9.47 Å². The van der Waals surface area contributed by atoms with Gasteiger partial charge in [0.15, 0.2) is 0 Å². The number of carbonyl (C=O) groups is 1. The van der Waals surface area contributed by atoms with E-state index in [0.29, 0.717) is 6.07 Å². The SMILES string of the molecule is CCOC(=O)Cc1c(OC(F)(F)F)cc([N+](=O)[O-])nc1OC. The number of methoxy groups -OCH3 is 1. The van der Waals surface area contributed by atoms with Crippen molar-refractivity contribution in [3.63, 3.8) is 0 Å². The molecule has 1 aromatic rings. The zero-order valence-corrected chi connectivity index (χ0v) is 11.5. The first-order chi connectivity index (χ1) is 10.2. The molecule has 122 valence electrons. The molecule has 1 heterocycles. The highest BCUT2D eigenvalue weighted by Crippen LogP contribution is 2.34. The molecule has 0 aliphatic rings. The predicted molar refractivity (Wildman–Crippen MR) is 64.5 cm³/mol. The smallest absolute Gasteiger partial charge is 0.466 e. The lowest BCUT2D eigenvalue weighted by Gasteiger charge is -2.13. The number of pyridine rings is 1. The van der Waals surface area contributed by atoms with Crippen LogP contribution >= 0.6 is 0 Å². The summed E-state index contributed by atoms with van der Waals surface area (Å²) in [4.78, 5) is 24.5. The van der Waals surface area contributed by atoms with E-state index in [1.807, 2.05) is 0 Å². The molecule has 1 aromatic heterocycles. The van der Waals surface area contributed by atoms with Gasteiger partial charge in [-0.05, 0) is 11.8 Å². The number of nitrogens with zero attached hydrogens (tertiary/aromatic N) is 2. The first kappa shape index (κ1) is 17.5. The summed E-state index contributed by atoms with van der Waals surface area (Å²) in [5, 5.41) is 10.7. The summed E-state index contributed by atoms with van der Waals surface area (Å²) in [6.45, 7) is 1.52. The van der Waals surface area contributed by atoms with Gasteiger partial charge in [-0.1, -0.05) is 0 Å². The minimum Gasteiger partial charge on any atom is -0.466 e. The van der Waals surface area contributed by atoms with Crippen molar-refractivity contribution in [1.82, 2.24) is 4.98 Å². The fourth-order valence-electron chi connectivity index (χ4n) is 1.51. The van der Waals surface area contributed by atoms with Crippen LogP contribution in [-0.2, 0) is 16.0 Å². The number of ether oxygens (including phenoxy) is 3. The summed E-state index contributed by atoms with van der Waals surface area (Å²) in [7, 11) is 1.04. The highest BCUT2D eigenvalue weighted by Gasteiger charge is 2.35. The molecule has 0 aliphatic heterocycles. The van der Waals surface area contributed by atoms with Crippen molar-refractivity contribution in [2.75, 3.05) is 13.7 Å². The van der Waals surface area contributed by atoms with Crippen LogP contribution in [0.1, 0.15) is 12.5 Å². The predicted octanol–water partition coefficient (Wildman–Crippen LogP) is 2.00. The first-order valence-electron chi connectivity index (χ1n) is 5.81. The Morgan fingerprint density at radius 3 is 2.55 bits per heavy atom. The van der Waals surface area contributed by atoms with Gasteiger partial charge in [-0.25, -0.2) is 0 Å². The van der Waals surface area contributed by atoms with Gasteiger partial charge in [0.25, 0.3) is 0 Å². The van der Waals surface area contributed by atoms with E-state index in [1.54, 1.807) is 0 Å². The Kier molecular flexibility index (Phi) is 5.49. The number of hydrogen-bond acceptors (Lipinski definition) is 7. The van der Waals surface area contributed by atoms with E-state index in [-0.39, 0.29) is 6.61 Å². The maximum absolute atomic E-state index is 12.4. The van der Waals surface area contributed by atoms with Crippen molar-refractivity contribution in [1.29, 1.82) is 0 Å². The molecular formula is C11H11F3N2O6. The van der Waals surface area contributed by atoms with Gasteiger partial charge in [-0.2, -0.15) is 0 Å². The molecule has 0 unspecified atom stereocenters. The molecule has 0 saturated carbocycles. The van der Waals surface area contributed by atoms with Crippen molar-refractivity contribution in [3.05, 3.63) is 21.7 Å². The van der Waals surface area contributed by atoms with E-state index >= 15 is 0 Å². The van der Waals surface area contributed by atoms with Crippen LogP contribution in [0.25, 0.3) is 0 Å². The van der Waals surface area contributed by atoms with Gasteiger partial charge in [0, 0.05) is 4.98 Å². The van der Waals surface area contributed by atoms with Crippen LogP contribution in [-0.4, -0.2) is 36.0 Å². The third-order valence-corrected chi connectivity index (χ3v) is 2.26. The van der Waals surface area contributed by atoms with Gasteiger partial charge in [-0.15, -0.1) is 13.2 Å². The highest BCUT2D eigenvalue weighted by atomic mass is 19.4. The summed E-state index contributed by atoms with van der Waals surface area (Å²) in [6, 6.07) is 0.463. The summed E-state index contributed by atoms with van der Waals surface area (Å²) >= 11 is 0. The Labute approximate surface area is 121 Å². The normalized spacial score (nSPS) is 11.0. The van der Waals surface area contributed by atoms with Crippen molar-refractivity contribution in [2.24, 2.45) is 0 Å². The Morgan fingerprint density at radius 2 is 2.09 bits per heavy atom. The largest absolute Gasteiger partial charge is 0.573 e. The third kappa shape index (κ3) is 4.75. The fraction of sp³-hybridized carbons (Fsp3) is 0.455. The van der Waals surface area contributed by atoms with E-state index < -0.39 is 46.7 Å². The lowest BCUT2D eigenvalue weighted by Crippen LogP contribution is -2.20. The number of nitro groups is 1. The molecule has 0 aliphatic carbocycles. The summed E-state index contributed by atoms with van der Waals surface area (Å²) in [5.41, 5.74) is -0.399. The number of rotatable bonds is 6. The maximum Gasteiger partial charge on any atom is 0.573 e. The van der Waals surface area contributed by atoms with Crippen molar-refractivity contribution in [3.8, 4) is 11.6 Å². The van der Waals surface area contributed by atoms with Gasteiger partial charge in [0.2, 0.25) is 0 Å². The number of esters is 1. The summed E-state index contributed by atoms with van der Waals surface area (Å²) < 4.78 is 50.2. The van der Waals surface area contributed by atoms with Crippen LogP contribution in [0.3, 0.4) is 0 Å². The summed E-state index contributed by atoms with van der Waals surface area (Å²) in [5.74, 6) is -3.24. The molecule has 0 N–H and O–H groups in total. The molecule has 0 atom stereocenters. The first-order valence-corrected chi connectivity index (χ1v) is 5.81. The van der Waals surface area contributed by atoms with Crippen LogP contribution in [0, 0.1) is 10.1 Å². The summed E-state index contributed by atoms with van der Waals surface area (Å²) in [6.07, 6.45) is -5.75. The van der Waals surface area contributed by atoms with Gasteiger partial charge in [0.1, 0.15) is 5.75 Å². The van der Waals surface area contributed by atoms with Crippen molar-refractivity contribution < 1.29 is 37.1 Å². The molecule has 0 spiro atoms. The van der Waals surface area contributed by atoms with E-state index in [4.69, 9.17) is 4.74 Å². The maximum atomic E-state index is 12.4. The minimum atomic E-state index is -5.11. The Balaban J connectivity index is 3.35. The van der Waals surface area contributed by atoms with Crippen molar-refractivity contribution in [2.45, 2.75) is 19.7 Å². The molecule has 0 saturated heterocycles. The average Bonchev–Trinajstić information content (AvgIpc) is 2.38. The lowest BCUT2D eigenvalue weighted by atomic mass is 10.1. The standard InChI is InChI=1S/C11H11F3N2O6/c1-3-21-9(17)4-6-7(22-11(12,13)14)5-8(16(18)19)15-10(6)20-2/h5H,3-4H2,1-2H3. The number of aromatic nitrogens is 1. The fourth-order valence-corrected chi connectivity index (χ4v) is 1.51. The zero-order valence-electron chi connectivity index (χ0n) is 11.5. The Bertz CT molecular complexity index is 576. The van der Waals surface area contributed by atoms with E-state index in [9.17, 15) is 28.1 Å². The molecule has 0 radical (unpaired) electrons. The van der Waals surface area contributed by atoms with Gasteiger partial charge in [-0.3, -0.25) is 4.79 Å². The monoisotopic (exact) mass is 324 g/mol. The Hall–Kier alpha value is -2.59. The number of halogens is 3. The highest BCUT2D eigenvalue weighted by molar-refractivity contribution is 5.74. The van der Waals surface area contributed by atoms with Crippen LogP contribution in [0.2, 0.25) is 0 Å².